The van der Waals surface area contributed by atoms with Crippen molar-refractivity contribution in [2.45, 2.75) is 39.6 Å². The van der Waals surface area contributed by atoms with Gasteiger partial charge in [-0.05, 0) is 97.4 Å². The summed E-state index contributed by atoms with van der Waals surface area (Å²) in [7, 11) is 0. The molecule has 9 nitrogen and oxygen atoms in total. The molecule has 0 aliphatic carbocycles. The second kappa shape index (κ2) is 23.5. The molecule has 0 spiro atoms. The molecule has 0 aromatic heterocycles. The first-order valence-corrected chi connectivity index (χ1v) is 24.1. The second-order valence-electron chi connectivity index (χ2n) is 17.4. The van der Waals surface area contributed by atoms with E-state index in [4.69, 9.17) is 28.4 Å². The highest BCUT2D eigenvalue weighted by Crippen LogP contribution is 2.31. The standard InChI is InChI=1S/C64H52N2O7/c67-64(66-65-39-63-61-27-15-13-25-52(61)33-53-26-14-16-28-62(53)63)54-34-59(72-44-50-29-55(68-40-46-17-5-1-6-18-46)36-56(30-50)69-41-47-19-7-2-8-20-47)38-60(35-54)73-45-51-31-57(70-42-48-21-9-3-10-22-48)37-58(32-51)71-43-49-23-11-4-12-24-49/h1-39H,40-45H2,(H,66,67)/b65-39+. The Morgan fingerprint density at radius 2 is 0.644 bits per heavy atom. The van der Waals surface area contributed by atoms with Crippen LogP contribution in [0.25, 0.3) is 21.5 Å². The van der Waals surface area contributed by atoms with E-state index < -0.39 is 5.91 Å². The number of carbonyl (C=O) groups excluding carboxylic acids is 1. The van der Waals surface area contributed by atoms with Gasteiger partial charge < -0.3 is 28.4 Å². The molecule has 10 rings (SSSR count). The van der Waals surface area contributed by atoms with Crippen molar-refractivity contribution >= 4 is 33.7 Å². The molecule has 0 radical (unpaired) electrons. The molecule has 0 atom stereocenters. The van der Waals surface area contributed by atoms with Gasteiger partial charge in [-0.1, -0.05) is 170 Å². The van der Waals surface area contributed by atoms with E-state index in [0.717, 1.165) is 60.5 Å². The third-order valence-electron chi connectivity index (χ3n) is 12.0. The number of hydrogen-bond acceptors (Lipinski definition) is 8. The quantitative estimate of drug-likeness (QED) is 0.0435. The number of nitrogens with zero attached hydrogens (tertiary/aromatic N) is 1. The molecule has 0 bridgehead atoms. The Kier molecular flexibility index (Phi) is 15.2. The minimum atomic E-state index is -0.447. The number of carbonyl (C=O) groups is 1. The average Bonchev–Trinajstić information content (AvgIpc) is 3.44. The van der Waals surface area contributed by atoms with Crippen LogP contribution in [0.2, 0.25) is 0 Å². The Labute approximate surface area is 424 Å². The van der Waals surface area contributed by atoms with E-state index in [1.807, 2.05) is 182 Å². The predicted octanol–water partition coefficient (Wildman–Crippen LogP) is 14.2. The van der Waals surface area contributed by atoms with Crippen LogP contribution in [0.1, 0.15) is 49.3 Å². The van der Waals surface area contributed by atoms with Crippen LogP contribution in [-0.4, -0.2) is 12.1 Å². The van der Waals surface area contributed by atoms with Gasteiger partial charge in [0.05, 0.1) is 6.21 Å². The zero-order valence-electron chi connectivity index (χ0n) is 40.1. The number of ether oxygens (including phenoxy) is 6. The van der Waals surface area contributed by atoms with E-state index in [1.165, 1.54) is 0 Å². The lowest BCUT2D eigenvalue weighted by atomic mass is 9.97. The van der Waals surface area contributed by atoms with Gasteiger partial charge in [-0.25, -0.2) is 5.43 Å². The molecule has 0 aliphatic heterocycles. The van der Waals surface area contributed by atoms with E-state index in [0.29, 0.717) is 60.9 Å². The highest BCUT2D eigenvalue weighted by molar-refractivity contribution is 6.13. The van der Waals surface area contributed by atoms with Gasteiger partial charge in [0.15, 0.2) is 0 Å². The summed E-state index contributed by atoms with van der Waals surface area (Å²) < 4.78 is 38.2. The van der Waals surface area contributed by atoms with Gasteiger partial charge in [0.25, 0.3) is 5.91 Å². The molecule has 10 aromatic carbocycles. The largest absolute Gasteiger partial charge is 0.489 e. The maximum Gasteiger partial charge on any atom is 0.271 e. The van der Waals surface area contributed by atoms with Crippen molar-refractivity contribution in [1.29, 1.82) is 0 Å². The average molecular weight is 961 g/mol. The van der Waals surface area contributed by atoms with Crippen molar-refractivity contribution in [3.05, 3.63) is 275 Å². The van der Waals surface area contributed by atoms with Gasteiger partial charge in [0.1, 0.15) is 74.1 Å². The van der Waals surface area contributed by atoms with Crippen molar-refractivity contribution in [2.75, 3.05) is 0 Å². The molecule has 0 saturated carbocycles. The normalized spacial score (nSPS) is 11.1. The van der Waals surface area contributed by atoms with E-state index >= 15 is 0 Å². The summed E-state index contributed by atoms with van der Waals surface area (Å²) in [6, 6.07) is 75.1. The molecule has 0 fully saturated rings. The van der Waals surface area contributed by atoms with Crippen LogP contribution in [0.4, 0.5) is 0 Å². The van der Waals surface area contributed by atoms with Gasteiger partial charge in [0.2, 0.25) is 0 Å². The fourth-order valence-corrected chi connectivity index (χ4v) is 8.34. The van der Waals surface area contributed by atoms with Crippen LogP contribution >= 0.6 is 0 Å². The summed E-state index contributed by atoms with van der Waals surface area (Å²) in [6.45, 7) is 1.77. The summed E-state index contributed by atoms with van der Waals surface area (Å²) in [5.41, 5.74) is 9.71. The van der Waals surface area contributed by atoms with Crippen LogP contribution in [0, 0.1) is 0 Å². The first kappa shape index (κ1) is 47.3. The predicted molar refractivity (Wildman–Crippen MR) is 288 cm³/mol. The zero-order chi connectivity index (χ0) is 49.4. The van der Waals surface area contributed by atoms with Gasteiger partial charge in [-0.15, -0.1) is 0 Å². The molecule has 360 valence electrons. The molecule has 0 aliphatic rings. The number of rotatable bonds is 21. The Bertz CT molecular complexity index is 3130. The topological polar surface area (TPSA) is 96.8 Å². The molecule has 0 saturated heterocycles. The third-order valence-corrected chi connectivity index (χ3v) is 12.0. The monoisotopic (exact) mass is 960 g/mol. The number of benzene rings is 10. The van der Waals surface area contributed by atoms with Gasteiger partial charge >= 0.3 is 0 Å². The molecular formula is C64H52N2O7. The fraction of sp³-hybridized carbons (Fsp3) is 0.0938. The van der Waals surface area contributed by atoms with Crippen LogP contribution < -0.4 is 33.8 Å². The summed E-state index contributed by atoms with van der Waals surface area (Å²) in [5.74, 6) is 2.88. The second-order valence-corrected chi connectivity index (χ2v) is 17.4. The maximum absolute atomic E-state index is 14.1. The van der Waals surface area contributed by atoms with Gasteiger partial charge in [0, 0.05) is 29.3 Å². The smallest absolute Gasteiger partial charge is 0.271 e. The lowest BCUT2D eigenvalue weighted by Gasteiger charge is -2.16. The Hall–Kier alpha value is -9.34. The molecule has 1 N–H and O–H groups in total. The number of hydrazone groups is 1. The number of nitrogens with one attached hydrogen (secondary N) is 1. The third kappa shape index (κ3) is 13.1. The first-order chi connectivity index (χ1) is 36.0. The fourth-order valence-electron chi connectivity index (χ4n) is 8.34. The first-order valence-electron chi connectivity index (χ1n) is 24.1. The molecule has 10 aromatic rings. The van der Waals surface area contributed by atoms with Crippen LogP contribution in [0.3, 0.4) is 0 Å². The summed E-state index contributed by atoms with van der Waals surface area (Å²) in [4.78, 5) is 14.1. The van der Waals surface area contributed by atoms with E-state index in [1.54, 1.807) is 24.4 Å². The number of fused-ring (bicyclic) bond motifs is 2. The molecule has 1 amide bonds. The number of hydrogen-bond donors (Lipinski definition) is 1. The van der Waals surface area contributed by atoms with Crippen LogP contribution in [-0.2, 0) is 39.6 Å². The minimum Gasteiger partial charge on any atom is -0.489 e. The highest BCUT2D eigenvalue weighted by Gasteiger charge is 2.14. The lowest BCUT2D eigenvalue weighted by Crippen LogP contribution is -2.18. The minimum absolute atomic E-state index is 0.129. The molecule has 73 heavy (non-hydrogen) atoms. The Morgan fingerprint density at radius 3 is 1.00 bits per heavy atom. The zero-order valence-corrected chi connectivity index (χ0v) is 40.1. The highest BCUT2D eigenvalue weighted by atomic mass is 16.5. The summed E-state index contributed by atoms with van der Waals surface area (Å²) in [5, 5.41) is 8.70. The lowest BCUT2D eigenvalue weighted by molar-refractivity contribution is 0.0954. The van der Waals surface area contributed by atoms with Crippen molar-refractivity contribution in [1.82, 2.24) is 5.43 Å². The van der Waals surface area contributed by atoms with Crippen molar-refractivity contribution in [2.24, 2.45) is 5.10 Å². The summed E-state index contributed by atoms with van der Waals surface area (Å²) >= 11 is 0. The molecular weight excluding hydrogens is 909 g/mol. The van der Waals surface area contributed by atoms with Gasteiger partial charge in [-0.3, -0.25) is 4.79 Å². The summed E-state index contributed by atoms with van der Waals surface area (Å²) in [6.07, 6.45) is 1.70. The van der Waals surface area contributed by atoms with Gasteiger partial charge in [-0.2, -0.15) is 5.10 Å². The molecule has 9 heteroatoms. The van der Waals surface area contributed by atoms with Crippen LogP contribution in [0.5, 0.6) is 34.5 Å². The molecule has 0 unspecified atom stereocenters. The van der Waals surface area contributed by atoms with Crippen molar-refractivity contribution in [3.63, 3.8) is 0 Å². The van der Waals surface area contributed by atoms with E-state index in [-0.39, 0.29) is 18.8 Å². The maximum atomic E-state index is 14.1. The Morgan fingerprint density at radius 1 is 0.342 bits per heavy atom. The number of amides is 1. The van der Waals surface area contributed by atoms with Crippen molar-refractivity contribution < 1.29 is 33.2 Å². The molecule has 0 heterocycles. The van der Waals surface area contributed by atoms with Crippen molar-refractivity contribution in [3.8, 4) is 34.5 Å². The van der Waals surface area contributed by atoms with E-state index in [2.05, 4.69) is 40.9 Å². The van der Waals surface area contributed by atoms with Crippen LogP contribution in [0.15, 0.2) is 236 Å². The Balaban J connectivity index is 0.925. The van der Waals surface area contributed by atoms with E-state index in [9.17, 15) is 4.79 Å². The SMILES string of the molecule is O=C(N/N=C/c1c2ccccc2cc2ccccc12)c1cc(OCc2cc(OCc3ccccc3)cc(OCc3ccccc3)c2)cc(OCc2cc(OCc3ccccc3)cc(OCc3ccccc3)c2)c1.